The largest absolute Gasteiger partial charge is 0.329 e. The Morgan fingerprint density at radius 1 is 1.40 bits per heavy atom. The van der Waals surface area contributed by atoms with E-state index in [4.69, 9.17) is 23.2 Å². The zero-order valence-electron chi connectivity index (χ0n) is 5.96. The molecule has 0 aliphatic rings. The second kappa shape index (κ2) is 5.54. The molecule has 0 rings (SSSR count). The highest BCUT2D eigenvalue weighted by molar-refractivity contribution is 4.58. The fourth-order valence-corrected chi connectivity index (χ4v) is 0.457. The average Bonchev–Trinajstić information content (AvgIpc) is 1.88. The van der Waals surface area contributed by atoms with E-state index in [-0.39, 0.29) is 6.17 Å². The molecule has 0 aromatic heterocycles. The summed E-state index contributed by atoms with van der Waals surface area (Å²) in [5, 5.41) is 3.93. The Kier molecular flexibility index (Phi) is 5.40. The van der Waals surface area contributed by atoms with Gasteiger partial charge in [-0.15, -0.1) is 0 Å². The maximum absolute atomic E-state index is 5.43. The molecule has 0 amide bonds. The molecule has 9 N–H and O–H groups in total. The summed E-state index contributed by atoms with van der Waals surface area (Å²) in [5.74, 6) is 10.3. The normalized spacial score (nSPS) is 14.1. The third kappa shape index (κ3) is 4.62. The van der Waals surface area contributed by atoms with Crippen LogP contribution >= 0.6 is 0 Å². The minimum absolute atomic E-state index is 0.355. The van der Waals surface area contributed by atoms with Gasteiger partial charge in [-0.05, 0) is 0 Å². The predicted molar refractivity (Wildman–Crippen MR) is 40.1 cm³/mol. The van der Waals surface area contributed by atoms with Crippen molar-refractivity contribution in [3.8, 4) is 0 Å². The summed E-state index contributed by atoms with van der Waals surface area (Å²) in [6, 6.07) is 0. The van der Waals surface area contributed by atoms with Crippen LogP contribution in [0.15, 0.2) is 0 Å². The molecule has 0 spiro atoms. The van der Waals surface area contributed by atoms with E-state index in [0.29, 0.717) is 13.1 Å². The van der Waals surface area contributed by atoms with Crippen molar-refractivity contribution < 1.29 is 0 Å². The Balaban J connectivity index is 3.13. The van der Waals surface area contributed by atoms with Crippen molar-refractivity contribution in [1.82, 2.24) is 10.4 Å². The smallest absolute Gasteiger partial charge is 0.0987 e. The summed E-state index contributed by atoms with van der Waals surface area (Å²) >= 11 is 0. The van der Waals surface area contributed by atoms with E-state index in [9.17, 15) is 0 Å². The number of hydrogen-bond donors (Lipinski definition) is 5. The first kappa shape index (κ1) is 9.76. The van der Waals surface area contributed by atoms with Crippen LogP contribution in [-0.4, -0.2) is 30.9 Å². The van der Waals surface area contributed by atoms with E-state index in [1.165, 1.54) is 0 Å². The molecule has 0 aromatic rings. The number of hydrogen-bond acceptors (Lipinski definition) is 6. The van der Waals surface area contributed by atoms with E-state index in [2.05, 4.69) is 5.32 Å². The quantitative estimate of drug-likeness (QED) is 0.122. The molecular weight excluding hydrogens is 132 g/mol. The summed E-state index contributed by atoms with van der Waals surface area (Å²) in [5.41, 5.74) is 10.6. The fourth-order valence-electron chi connectivity index (χ4n) is 0.457. The van der Waals surface area contributed by atoms with Gasteiger partial charge in [0.05, 0.1) is 6.17 Å². The van der Waals surface area contributed by atoms with Gasteiger partial charge in [-0.25, -0.2) is 0 Å². The van der Waals surface area contributed by atoms with Crippen LogP contribution in [0, 0.1) is 0 Å². The summed E-state index contributed by atoms with van der Waals surface area (Å²) in [6.45, 7) is 1.85. The molecule has 0 aliphatic heterocycles. The first-order chi connectivity index (χ1) is 4.68. The molecule has 0 aliphatic carbocycles. The maximum Gasteiger partial charge on any atom is 0.0987 e. The molecule has 1 atom stereocenters. The Hall–Kier alpha value is -0.240. The third-order valence-corrected chi connectivity index (χ3v) is 1.06. The molecule has 0 aromatic carbocycles. The number of nitrogens with two attached hydrogens (primary N) is 4. The van der Waals surface area contributed by atoms with E-state index >= 15 is 0 Å². The molecule has 0 radical (unpaired) electrons. The molecule has 0 saturated carbocycles. The minimum Gasteiger partial charge on any atom is -0.329 e. The Labute approximate surface area is 60.4 Å². The monoisotopic (exact) mass is 148 g/mol. The van der Waals surface area contributed by atoms with Crippen LogP contribution in [0.4, 0.5) is 0 Å². The molecule has 0 bridgehead atoms. The molecular formula is C4H16N6. The van der Waals surface area contributed by atoms with Crippen molar-refractivity contribution in [2.75, 3.05) is 19.6 Å². The van der Waals surface area contributed by atoms with E-state index < -0.39 is 0 Å². The van der Waals surface area contributed by atoms with Crippen molar-refractivity contribution >= 4 is 0 Å². The second-order valence-corrected chi connectivity index (χ2v) is 2.01. The first-order valence-corrected chi connectivity index (χ1v) is 3.13. The number of nitrogens with zero attached hydrogens (tertiary/aromatic N) is 1. The Morgan fingerprint density at radius 3 is 2.40 bits per heavy atom. The lowest BCUT2D eigenvalue weighted by Gasteiger charge is -2.18. The highest BCUT2D eigenvalue weighted by Gasteiger charge is 2.02. The SMILES string of the molecule is NCCNCC(N)N(N)N. The summed E-state index contributed by atoms with van der Waals surface area (Å²) < 4.78 is 0. The summed E-state index contributed by atoms with van der Waals surface area (Å²) in [4.78, 5) is 0. The van der Waals surface area contributed by atoms with Gasteiger partial charge in [0.2, 0.25) is 0 Å². The van der Waals surface area contributed by atoms with E-state index in [0.717, 1.165) is 11.7 Å². The molecule has 0 saturated heterocycles. The molecule has 10 heavy (non-hydrogen) atoms. The molecule has 1 unspecified atom stereocenters. The van der Waals surface area contributed by atoms with Gasteiger partial charge in [0, 0.05) is 19.6 Å². The molecule has 0 fully saturated rings. The average molecular weight is 148 g/mol. The van der Waals surface area contributed by atoms with Gasteiger partial charge in [-0.2, -0.15) is 5.12 Å². The lowest BCUT2D eigenvalue weighted by Crippen LogP contribution is -2.56. The second-order valence-electron chi connectivity index (χ2n) is 2.01. The van der Waals surface area contributed by atoms with Gasteiger partial charge in [0.15, 0.2) is 0 Å². The van der Waals surface area contributed by atoms with E-state index in [1.807, 2.05) is 0 Å². The minimum atomic E-state index is -0.355. The maximum atomic E-state index is 5.43. The van der Waals surface area contributed by atoms with Gasteiger partial charge >= 0.3 is 0 Å². The van der Waals surface area contributed by atoms with Gasteiger partial charge < -0.3 is 16.8 Å². The number of rotatable bonds is 5. The van der Waals surface area contributed by atoms with Crippen LogP contribution in [-0.2, 0) is 0 Å². The van der Waals surface area contributed by atoms with Crippen LogP contribution in [0.25, 0.3) is 0 Å². The highest BCUT2D eigenvalue weighted by atomic mass is 15.6. The lowest BCUT2D eigenvalue weighted by atomic mass is 10.5. The highest BCUT2D eigenvalue weighted by Crippen LogP contribution is 1.71. The molecule has 6 nitrogen and oxygen atoms in total. The van der Waals surface area contributed by atoms with E-state index in [1.54, 1.807) is 0 Å². The first-order valence-electron chi connectivity index (χ1n) is 3.13. The van der Waals surface area contributed by atoms with Crippen molar-refractivity contribution in [2.45, 2.75) is 6.17 Å². The predicted octanol–water partition coefficient (Wildman–Crippen LogP) is -3.13. The van der Waals surface area contributed by atoms with Gasteiger partial charge in [0.25, 0.3) is 0 Å². The topological polar surface area (TPSA) is 119 Å². The van der Waals surface area contributed by atoms with Gasteiger partial charge in [-0.3, -0.25) is 11.7 Å². The van der Waals surface area contributed by atoms with Gasteiger partial charge in [-0.1, -0.05) is 0 Å². The van der Waals surface area contributed by atoms with Crippen LogP contribution < -0.4 is 28.5 Å². The molecule has 62 valence electrons. The van der Waals surface area contributed by atoms with Crippen LogP contribution in [0.1, 0.15) is 0 Å². The van der Waals surface area contributed by atoms with Crippen molar-refractivity contribution in [3.05, 3.63) is 0 Å². The summed E-state index contributed by atoms with van der Waals surface area (Å²) in [6.07, 6.45) is -0.355. The van der Waals surface area contributed by atoms with Gasteiger partial charge in [0.1, 0.15) is 0 Å². The molecule has 0 heterocycles. The van der Waals surface area contributed by atoms with Crippen LogP contribution in [0.2, 0.25) is 0 Å². The summed E-state index contributed by atoms with van der Waals surface area (Å²) in [7, 11) is 0. The Morgan fingerprint density at radius 2 is 2.00 bits per heavy atom. The zero-order chi connectivity index (χ0) is 7.98. The van der Waals surface area contributed by atoms with Crippen LogP contribution in [0.3, 0.4) is 0 Å². The third-order valence-electron chi connectivity index (χ3n) is 1.06. The molecule has 6 heteroatoms. The number of hydrazine groups is 2. The fraction of sp³-hybridized carbons (Fsp3) is 1.00. The van der Waals surface area contributed by atoms with Crippen molar-refractivity contribution in [2.24, 2.45) is 23.2 Å². The van der Waals surface area contributed by atoms with Crippen molar-refractivity contribution in [1.29, 1.82) is 0 Å². The van der Waals surface area contributed by atoms with Crippen molar-refractivity contribution in [3.63, 3.8) is 0 Å². The van der Waals surface area contributed by atoms with Crippen LogP contribution in [0.5, 0.6) is 0 Å². The Bertz CT molecular complexity index is 74.1. The standard InChI is InChI=1S/C4H16N6/c5-1-2-9-3-4(6)10(7)8/h4,9H,1-3,5-8H2. The zero-order valence-corrected chi connectivity index (χ0v) is 5.96. The lowest BCUT2D eigenvalue weighted by molar-refractivity contribution is 0.205. The number of nitrogens with one attached hydrogen (secondary N) is 1.